The van der Waals surface area contributed by atoms with Gasteiger partial charge in [-0.3, -0.25) is 4.79 Å². The summed E-state index contributed by atoms with van der Waals surface area (Å²) in [6.07, 6.45) is 1.78. The summed E-state index contributed by atoms with van der Waals surface area (Å²) in [5, 5.41) is 0.397. The van der Waals surface area contributed by atoms with Crippen LogP contribution in [0, 0.1) is 6.92 Å². The molecule has 0 spiro atoms. The SMILES string of the molecule is C=CC(=O)N1CCC(F)(F)CC1c1cc(Cl)cc(-c2cc(C)ncn2)c1. The molecule has 1 aliphatic rings. The number of piperidine rings is 1. The number of likely N-dealkylation sites (tertiary alicyclic amines) is 1. The summed E-state index contributed by atoms with van der Waals surface area (Å²) in [6, 6.07) is 6.10. The first kappa shape index (κ1) is 18.5. The third-order valence-corrected chi connectivity index (χ3v) is 4.67. The average molecular weight is 378 g/mol. The van der Waals surface area contributed by atoms with Crippen LogP contribution in [0.1, 0.15) is 30.1 Å². The van der Waals surface area contributed by atoms with Gasteiger partial charge in [-0.2, -0.15) is 0 Å². The Morgan fingerprint density at radius 1 is 1.35 bits per heavy atom. The van der Waals surface area contributed by atoms with Crippen molar-refractivity contribution in [2.75, 3.05) is 6.54 Å². The van der Waals surface area contributed by atoms with Gasteiger partial charge < -0.3 is 4.90 Å². The standard InChI is InChI=1S/C19H18ClF2N3O/c1-3-18(26)25-5-4-19(21,22)10-17(25)14-7-13(8-15(20)9-14)16-6-12(2)23-11-24-16/h3,6-9,11,17H,1,4-5,10H2,2H3. The number of amides is 1. The van der Waals surface area contributed by atoms with Crippen molar-refractivity contribution in [2.45, 2.75) is 31.7 Å². The number of hydrogen-bond donors (Lipinski definition) is 0. The summed E-state index contributed by atoms with van der Waals surface area (Å²) in [5.74, 6) is -3.21. The van der Waals surface area contributed by atoms with Gasteiger partial charge in [0, 0.05) is 35.7 Å². The Labute approximate surface area is 155 Å². The number of nitrogens with zero attached hydrogens (tertiary/aromatic N) is 3. The number of aromatic nitrogens is 2. The molecule has 0 radical (unpaired) electrons. The predicted molar refractivity (Wildman–Crippen MR) is 96.0 cm³/mol. The molecule has 136 valence electrons. The molecule has 0 aliphatic carbocycles. The van der Waals surface area contributed by atoms with Gasteiger partial charge in [-0.15, -0.1) is 0 Å². The maximum absolute atomic E-state index is 14.0. The molecular weight excluding hydrogens is 360 g/mol. The van der Waals surface area contributed by atoms with Gasteiger partial charge in [0.05, 0.1) is 11.7 Å². The molecule has 1 aliphatic heterocycles. The molecule has 1 atom stereocenters. The number of hydrogen-bond acceptors (Lipinski definition) is 3. The lowest BCUT2D eigenvalue weighted by Crippen LogP contribution is -2.44. The molecule has 0 bridgehead atoms. The summed E-state index contributed by atoms with van der Waals surface area (Å²) in [4.78, 5) is 21.9. The zero-order valence-electron chi connectivity index (χ0n) is 14.3. The molecule has 1 saturated heterocycles. The minimum atomic E-state index is -2.84. The van der Waals surface area contributed by atoms with E-state index >= 15 is 0 Å². The predicted octanol–water partition coefficient (Wildman–Crippen LogP) is 4.59. The molecule has 1 aromatic carbocycles. The van der Waals surface area contributed by atoms with Crippen LogP contribution in [0.3, 0.4) is 0 Å². The van der Waals surface area contributed by atoms with Gasteiger partial charge in [0.15, 0.2) is 0 Å². The maximum atomic E-state index is 14.0. The molecule has 0 N–H and O–H groups in total. The third-order valence-electron chi connectivity index (χ3n) is 4.45. The number of aryl methyl sites for hydroxylation is 1. The highest BCUT2D eigenvalue weighted by Crippen LogP contribution is 2.41. The van der Waals surface area contributed by atoms with Gasteiger partial charge in [-0.05, 0) is 42.8 Å². The number of rotatable bonds is 3. The molecule has 4 nitrogen and oxygen atoms in total. The number of alkyl halides is 2. The highest BCUT2D eigenvalue weighted by atomic mass is 35.5. The van der Waals surface area contributed by atoms with Crippen molar-refractivity contribution < 1.29 is 13.6 Å². The van der Waals surface area contributed by atoms with E-state index in [-0.39, 0.29) is 18.9 Å². The molecule has 3 rings (SSSR count). The van der Waals surface area contributed by atoms with E-state index < -0.39 is 18.4 Å². The molecule has 1 unspecified atom stereocenters. The Bertz CT molecular complexity index is 856. The quantitative estimate of drug-likeness (QED) is 0.735. The topological polar surface area (TPSA) is 46.1 Å². The monoisotopic (exact) mass is 377 g/mol. The van der Waals surface area contributed by atoms with Crippen molar-refractivity contribution in [1.82, 2.24) is 14.9 Å². The molecule has 1 amide bonds. The maximum Gasteiger partial charge on any atom is 0.252 e. The van der Waals surface area contributed by atoms with Gasteiger partial charge in [0.2, 0.25) is 5.91 Å². The van der Waals surface area contributed by atoms with Gasteiger partial charge in [-0.1, -0.05) is 18.2 Å². The third kappa shape index (κ3) is 3.90. The second-order valence-electron chi connectivity index (χ2n) is 6.38. The van der Waals surface area contributed by atoms with Gasteiger partial charge in [-0.25, -0.2) is 18.7 Å². The Balaban J connectivity index is 2.05. The molecule has 0 saturated carbocycles. The molecule has 2 heterocycles. The fourth-order valence-corrected chi connectivity index (χ4v) is 3.42. The second kappa shape index (κ2) is 7.11. The van der Waals surface area contributed by atoms with Crippen molar-refractivity contribution in [3.05, 3.63) is 59.5 Å². The van der Waals surface area contributed by atoms with Gasteiger partial charge in [0.25, 0.3) is 5.92 Å². The summed E-state index contributed by atoms with van der Waals surface area (Å²) in [5.41, 5.74) is 2.67. The van der Waals surface area contributed by atoms with Crippen molar-refractivity contribution in [2.24, 2.45) is 0 Å². The lowest BCUT2D eigenvalue weighted by Gasteiger charge is -2.39. The van der Waals surface area contributed by atoms with Crippen LogP contribution in [0.4, 0.5) is 8.78 Å². The van der Waals surface area contributed by atoms with E-state index in [4.69, 9.17) is 11.6 Å². The van der Waals surface area contributed by atoms with Gasteiger partial charge in [0.1, 0.15) is 6.33 Å². The zero-order chi connectivity index (χ0) is 18.9. The van der Waals surface area contributed by atoms with Crippen molar-refractivity contribution >= 4 is 17.5 Å². The van der Waals surface area contributed by atoms with E-state index in [9.17, 15) is 13.6 Å². The van der Waals surface area contributed by atoms with E-state index in [1.54, 1.807) is 24.3 Å². The minimum Gasteiger partial charge on any atom is -0.332 e. The van der Waals surface area contributed by atoms with Crippen LogP contribution >= 0.6 is 11.6 Å². The smallest absolute Gasteiger partial charge is 0.252 e. The normalized spacial score (nSPS) is 19.2. The molecule has 26 heavy (non-hydrogen) atoms. The van der Waals surface area contributed by atoms with Gasteiger partial charge >= 0.3 is 0 Å². The van der Waals surface area contributed by atoms with Crippen LogP contribution in [0.5, 0.6) is 0 Å². The van der Waals surface area contributed by atoms with E-state index in [0.29, 0.717) is 21.8 Å². The minimum absolute atomic E-state index is 0.0308. The molecule has 1 aromatic heterocycles. The second-order valence-corrected chi connectivity index (χ2v) is 6.82. The molecule has 7 heteroatoms. The van der Waals surface area contributed by atoms with E-state index in [1.165, 1.54) is 11.2 Å². The number of halogens is 3. The first-order chi connectivity index (χ1) is 12.3. The highest BCUT2D eigenvalue weighted by molar-refractivity contribution is 6.31. The van der Waals surface area contributed by atoms with Crippen LogP contribution < -0.4 is 0 Å². The summed E-state index contributed by atoms with van der Waals surface area (Å²) >= 11 is 6.24. The number of benzene rings is 1. The lowest BCUT2D eigenvalue weighted by atomic mass is 9.91. The van der Waals surface area contributed by atoms with Crippen LogP contribution in [0.2, 0.25) is 5.02 Å². The highest BCUT2D eigenvalue weighted by Gasteiger charge is 2.42. The van der Waals surface area contributed by atoms with Crippen LogP contribution in [-0.2, 0) is 4.79 Å². The first-order valence-electron chi connectivity index (χ1n) is 8.19. The average Bonchev–Trinajstić information content (AvgIpc) is 2.60. The van der Waals surface area contributed by atoms with Crippen LogP contribution in [0.25, 0.3) is 11.3 Å². The zero-order valence-corrected chi connectivity index (χ0v) is 15.0. The largest absolute Gasteiger partial charge is 0.332 e. The van der Waals surface area contributed by atoms with E-state index in [1.807, 2.05) is 6.92 Å². The Morgan fingerprint density at radius 2 is 2.12 bits per heavy atom. The summed E-state index contributed by atoms with van der Waals surface area (Å²) in [7, 11) is 0. The number of carbonyl (C=O) groups is 1. The van der Waals surface area contributed by atoms with Crippen LogP contribution in [0.15, 0.2) is 43.2 Å². The first-order valence-corrected chi connectivity index (χ1v) is 8.57. The molecule has 1 fully saturated rings. The summed E-state index contributed by atoms with van der Waals surface area (Å²) in [6.45, 7) is 5.28. The Hall–Kier alpha value is -2.34. The van der Waals surface area contributed by atoms with E-state index in [2.05, 4.69) is 16.5 Å². The van der Waals surface area contributed by atoms with Crippen molar-refractivity contribution in [1.29, 1.82) is 0 Å². The fraction of sp³-hybridized carbons (Fsp3) is 0.316. The molecule has 2 aromatic rings. The number of carbonyl (C=O) groups excluding carboxylic acids is 1. The van der Waals surface area contributed by atoms with Crippen LogP contribution in [-0.4, -0.2) is 33.2 Å². The Kier molecular flexibility index (Phi) is 5.05. The lowest BCUT2D eigenvalue weighted by molar-refractivity contribution is -0.138. The Morgan fingerprint density at radius 3 is 2.81 bits per heavy atom. The van der Waals surface area contributed by atoms with Crippen molar-refractivity contribution in [3.63, 3.8) is 0 Å². The fourth-order valence-electron chi connectivity index (χ4n) is 3.18. The van der Waals surface area contributed by atoms with E-state index in [0.717, 1.165) is 11.8 Å². The molecular formula is C19H18ClF2N3O. The summed E-state index contributed by atoms with van der Waals surface area (Å²) < 4.78 is 28.1. The van der Waals surface area contributed by atoms with Crippen molar-refractivity contribution in [3.8, 4) is 11.3 Å².